The summed E-state index contributed by atoms with van der Waals surface area (Å²) in [6, 6.07) is 17.9. The molecule has 2 heterocycles. The van der Waals surface area contributed by atoms with E-state index >= 15 is 0 Å². The van der Waals surface area contributed by atoms with E-state index in [-0.39, 0.29) is 11.2 Å². The molecule has 0 amide bonds. The first kappa shape index (κ1) is 22.5. The average Bonchev–Trinajstić information content (AvgIpc) is 3.73. The molecule has 0 saturated carbocycles. The first-order valence-electron chi connectivity index (χ1n) is 12.2. The SMILES string of the molecule is CCCCCc1ccc(C2(COCC3(c4ccc(CCCCC)cc4)CO3)CO2)cc1. The summed E-state index contributed by atoms with van der Waals surface area (Å²) in [7, 11) is 0. The Bertz CT molecular complexity index is 732. The zero-order valence-electron chi connectivity index (χ0n) is 19.3. The number of benzene rings is 2. The smallest absolute Gasteiger partial charge is 0.140 e. The Hall–Kier alpha value is -1.68. The quantitative estimate of drug-likeness (QED) is 0.264. The Labute approximate surface area is 188 Å². The van der Waals surface area contributed by atoms with E-state index in [9.17, 15) is 0 Å². The molecule has 3 nitrogen and oxygen atoms in total. The van der Waals surface area contributed by atoms with Crippen LogP contribution in [0, 0.1) is 0 Å². The van der Waals surface area contributed by atoms with Crippen LogP contribution in [0.2, 0.25) is 0 Å². The third kappa shape index (κ3) is 5.77. The summed E-state index contributed by atoms with van der Waals surface area (Å²) in [5.41, 5.74) is 4.76. The van der Waals surface area contributed by atoms with Crippen LogP contribution >= 0.6 is 0 Å². The lowest BCUT2D eigenvalue weighted by Crippen LogP contribution is -2.23. The second-order valence-electron chi connectivity index (χ2n) is 9.37. The van der Waals surface area contributed by atoms with E-state index in [1.54, 1.807) is 0 Å². The minimum atomic E-state index is -0.263. The lowest BCUT2D eigenvalue weighted by atomic mass is 9.97. The predicted octanol–water partition coefficient (Wildman–Crippen LogP) is 6.32. The third-order valence-electron chi connectivity index (χ3n) is 6.75. The van der Waals surface area contributed by atoms with E-state index in [4.69, 9.17) is 14.2 Å². The van der Waals surface area contributed by atoms with E-state index in [1.165, 1.54) is 60.8 Å². The molecule has 0 N–H and O–H groups in total. The minimum absolute atomic E-state index is 0.263. The number of aryl methyl sites for hydroxylation is 2. The topological polar surface area (TPSA) is 34.3 Å². The zero-order chi connectivity index (χ0) is 21.6. The van der Waals surface area contributed by atoms with Crippen molar-refractivity contribution < 1.29 is 14.2 Å². The number of hydrogen-bond acceptors (Lipinski definition) is 3. The molecule has 3 heteroatoms. The normalized spacial score (nSPS) is 24.3. The number of ether oxygens (including phenoxy) is 3. The lowest BCUT2D eigenvalue weighted by Gasteiger charge is -2.17. The molecule has 0 radical (unpaired) electrons. The summed E-state index contributed by atoms with van der Waals surface area (Å²) < 4.78 is 17.9. The molecule has 2 aromatic carbocycles. The molecule has 4 rings (SSSR count). The van der Waals surface area contributed by atoms with Crippen molar-refractivity contribution in [2.45, 2.75) is 76.4 Å². The molecule has 0 spiro atoms. The van der Waals surface area contributed by atoms with Gasteiger partial charge in [0.2, 0.25) is 0 Å². The Kier molecular flexibility index (Phi) is 7.47. The Morgan fingerprint density at radius 2 is 1.03 bits per heavy atom. The van der Waals surface area contributed by atoms with Crippen LogP contribution in [0.25, 0.3) is 0 Å². The van der Waals surface area contributed by atoms with Gasteiger partial charge >= 0.3 is 0 Å². The minimum Gasteiger partial charge on any atom is -0.375 e. The van der Waals surface area contributed by atoms with Crippen LogP contribution in [0.3, 0.4) is 0 Å². The van der Waals surface area contributed by atoms with Crippen LogP contribution in [0.15, 0.2) is 48.5 Å². The van der Waals surface area contributed by atoms with Crippen molar-refractivity contribution in [1.29, 1.82) is 0 Å². The maximum atomic E-state index is 6.17. The summed E-state index contributed by atoms with van der Waals surface area (Å²) in [4.78, 5) is 0. The van der Waals surface area contributed by atoms with Gasteiger partial charge in [-0.05, 0) is 47.9 Å². The fourth-order valence-corrected chi connectivity index (χ4v) is 4.33. The van der Waals surface area contributed by atoms with Crippen LogP contribution in [0.5, 0.6) is 0 Å². The lowest BCUT2D eigenvalue weighted by molar-refractivity contribution is 0.0403. The highest BCUT2D eigenvalue weighted by Gasteiger charge is 2.50. The van der Waals surface area contributed by atoms with Crippen LogP contribution < -0.4 is 0 Å². The highest BCUT2D eigenvalue weighted by Crippen LogP contribution is 2.42. The van der Waals surface area contributed by atoms with Crippen LogP contribution in [-0.2, 0) is 38.3 Å². The van der Waals surface area contributed by atoms with Crippen LogP contribution in [0.4, 0.5) is 0 Å². The molecule has 2 unspecified atom stereocenters. The number of hydrogen-bond donors (Lipinski definition) is 0. The summed E-state index contributed by atoms with van der Waals surface area (Å²) in [6.07, 6.45) is 9.99. The Morgan fingerprint density at radius 3 is 1.35 bits per heavy atom. The molecule has 0 aromatic heterocycles. The molecule has 2 fully saturated rings. The molecule has 2 aromatic rings. The highest BCUT2D eigenvalue weighted by molar-refractivity contribution is 5.32. The molecule has 0 bridgehead atoms. The maximum Gasteiger partial charge on any atom is 0.140 e. The molecule has 31 heavy (non-hydrogen) atoms. The monoisotopic (exact) mass is 422 g/mol. The molecule has 2 saturated heterocycles. The molecule has 168 valence electrons. The third-order valence-corrected chi connectivity index (χ3v) is 6.75. The van der Waals surface area contributed by atoms with Crippen molar-refractivity contribution in [1.82, 2.24) is 0 Å². The molecule has 0 aliphatic carbocycles. The van der Waals surface area contributed by atoms with Crippen LogP contribution in [-0.4, -0.2) is 26.4 Å². The van der Waals surface area contributed by atoms with Crippen molar-refractivity contribution in [3.63, 3.8) is 0 Å². The average molecular weight is 423 g/mol. The molecule has 2 aliphatic heterocycles. The number of unbranched alkanes of at least 4 members (excludes halogenated alkanes) is 4. The summed E-state index contributed by atoms with van der Waals surface area (Å²) in [5, 5.41) is 0. The van der Waals surface area contributed by atoms with Crippen molar-refractivity contribution in [3.05, 3.63) is 70.8 Å². The van der Waals surface area contributed by atoms with Gasteiger partial charge < -0.3 is 14.2 Å². The number of rotatable bonds is 14. The van der Waals surface area contributed by atoms with Crippen molar-refractivity contribution in [2.75, 3.05) is 26.4 Å². The second-order valence-corrected chi connectivity index (χ2v) is 9.37. The predicted molar refractivity (Wildman–Crippen MR) is 125 cm³/mol. The first-order chi connectivity index (χ1) is 15.2. The molecule has 2 aliphatic rings. The van der Waals surface area contributed by atoms with E-state index in [0.717, 1.165) is 26.1 Å². The molecule has 2 atom stereocenters. The zero-order valence-corrected chi connectivity index (χ0v) is 19.3. The maximum absolute atomic E-state index is 6.17. The molecular formula is C28H38O3. The van der Waals surface area contributed by atoms with Gasteiger partial charge in [-0.3, -0.25) is 0 Å². The van der Waals surface area contributed by atoms with Crippen molar-refractivity contribution in [2.24, 2.45) is 0 Å². The fraction of sp³-hybridized carbons (Fsp3) is 0.571. The van der Waals surface area contributed by atoms with Crippen molar-refractivity contribution in [3.8, 4) is 0 Å². The fourth-order valence-electron chi connectivity index (χ4n) is 4.33. The van der Waals surface area contributed by atoms with Gasteiger partial charge in [-0.2, -0.15) is 0 Å². The van der Waals surface area contributed by atoms with Gasteiger partial charge in [-0.25, -0.2) is 0 Å². The summed E-state index contributed by atoms with van der Waals surface area (Å²) in [5.74, 6) is 0. The standard InChI is InChI=1S/C28H38O3/c1-3-5-7-9-23-11-15-25(16-12-23)27(21-30-27)19-29-20-28(22-31-28)26-17-13-24(14-18-26)10-8-6-4-2/h11-18H,3-10,19-22H2,1-2H3. The van der Waals surface area contributed by atoms with Crippen LogP contribution in [0.1, 0.15) is 74.6 Å². The van der Waals surface area contributed by atoms with Gasteiger partial charge in [-0.15, -0.1) is 0 Å². The van der Waals surface area contributed by atoms with Gasteiger partial charge in [0.1, 0.15) is 11.2 Å². The first-order valence-corrected chi connectivity index (χ1v) is 12.2. The Balaban J connectivity index is 1.27. The van der Waals surface area contributed by atoms with E-state index in [2.05, 4.69) is 62.4 Å². The largest absolute Gasteiger partial charge is 0.375 e. The van der Waals surface area contributed by atoms with E-state index in [0.29, 0.717) is 13.2 Å². The van der Waals surface area contributed by atoms with Crippen molar-refractivity contribution >= 4 is 0 Å². The van der Waals surface area contributed by atoms with Gasteiger partial charge in [0.15, 0.2) is 0 Å². The van der Waals surface area contributed by atoms with Gasteiger partial charge in [-0.1, -0.05) is 88.1 Å². The second kappa shape index (κ2) is 10.3. The Morgan fingerprint density at radius 1 is 0.645 bits per heavy atom. The highest BCUT2D eigenvalue weighted by atomic mass is 16.6. The van der Waals surface area contributed by atoms with E-state index in [1.807, 2.05) is 0 Å². The summed E-state index contributed by atoms with van der Waals surface area (Å²) >= 11 is 0. The van der Waals surface area contributed by atoms with E-state index < -0.39 is 0 Å². The van der Waals surface area contributed by atoms with Gasteiger partial charge in [0.25, 0.3) is 0 Å². The molecular weight excluding hydrogens is 384 g/mol. The van der Waals surface area contributed by atoms with Gasteiger partial charge in [0.05, 0.1) is 26.4 Å². The summed E-state index contributed by atoms with van der Waals surface area (Å²) in [6.45, 7) is 7.14. The van der Waals surface area contributed by atoms with Gasteiger partial charge in [0, 0.05) is 0 Å². The number of epoxide rings is 2.